The molecule has 3 rings (SSSR count). The number of nitrogens with one attached hydrogen (secondary N) is 2. The first-order valence-corrected chi connectivity index (χ1v) is 11.5. The van der Waals surface area contributed by atoms with Crippen LogP contribution in [0.4, 0.5) is 4.79 Å². The molecule has 2 aromatic rings. The SMILES string of the molecule is CCCC(CC(=O)NC(C)C(C)C(=O)O)NC(=O)OCC1c2ccccc2-c2ccccc21. The lowest BCUT2D eigenvalue weighted by Crippen LogP contribution is -2.44. The lowest BCUT2D eigenvalue weighted by molar-refractivity contribution is -0.142. The van der Waals surface area contributed by atoms with E-state index in [1.54, 1.807) is 13.8 Å². The number of hydrogen-bond donors (Lipinski definition) is 3. The first-order valence-electron chi connectivity index (χ1n) is 11.5. The Labute approximate surface area is 194 Å². The summed E-state index contributed by atoms with van der Waals surface area (Å²) in [7, 11) is 0. The van der Waals surface area contributed by atoms with Crippen LogP contribution in [0, 0.1) is 5.92 Å². The van der Waals surface area contributed by atoms with Crippen LogP contribution in [0.3, 0.4) is 0 Å². The standard InChI is InChI=1S/C26H32N2O5/c1-4-9-18(14-24(29)27-17(3)16(2)25(30)31)28-26(32)33-15-23-21-12-7-5-10-19(21)20-11-6-8-13-22(20)23/h5-8,10-13,16-18,23H,4,9,14-15H2,1-3H3,(H,27,29)(H,28,32)(H,30,31). The number of aliphatic carboxylic acids is 1. The van der Waals surface area contributed by atoms with E-state index in [-0.39, 0.29) is 24.9 Å². The highest BCUT2D eigenvalue weighted by molar-refractivity contribution is 5.80. The van der Waals surface area contributed by atoms with Crippen molar-refractivity contribution in [1.29, 1.82) is 0 Å². The molecule has 176 valence electrons. The van der Waals surface area contributed by atoms with E-state index >= 15 is 0 Å². The summed E-state index contributed by atoms with van der Waals surface area (Å²) < 4.78 is 5.59. The highest BCUT2D eigenvalue weighted by Gasteiger charge is 2.29. The highest BCUT2D eigenvalue weighted by atomic mass is 16.5. The summed E-state index contributed by atoms with van der Waals surface area (Å²) in [4.78, 5) is 36.1. The van der Waals surface area contributed by atoms with Crippen LogP contribution < -0.4 is 10.6 Å². The molecule has 3 unspecified atom stereocenters. The predicted octanol–water partition coefficient (Wildman–Crippen LogP) is 4.31. The van der Waals surface area contributed by atoms with Crippen molar-refractivity contribution in [2.24, 2.45) is 5.92 Å². The number of carbonyl (C=O) groups is 3. The molecule has 0 saturated carbocycles. The molecule has 7 nitrogen and oxygen atoms in total. The van der Waals surface area contributed by atoms with Gasteiger partial charge in [-0.1, -0.05) is 61.9 Å². The van der Waals surface area contributed by atoms with Crippen LogP contribution in [0.25, 0.3) is 11.1 Å². The van der Waals surface area contributed by atoms with Crippen molar-refractivity contribution in [2.75, 3.05) is 6.61 Å². The molecule has 0 spiro atoms. The van der Waals surface area contributed by atoms with E-state index < -0.39 is 30.1 Å². The number of fused-ring (bicyclic) bond motifs is 3. The Balaban J connectivity index is 1.57. The molecule has 0 heterocycles. The maximum atomic E-state index is 12.6. The zero-order chi connectivity index (χ0) is 24.0. The summed E-state index contributed by atoms with van der Waals surface area (Å²) in [6, 6.07) is 15.4. The summed E-state index contributed by atoms with van der Waals surface area (Å²) in [5.74, 6) is -2.00. The minimum Gasteiger partial charge on any atom is -0.481 e. The topological polar surface area (TPSA) is 105 Å². The molecule has 0 saturated heterocycles. The molecule has 0 bridgehead atoms. The number of alkyl carbamates (subject to hydrolysis) is 1. The minimum absolute atomic E-state index is 0.0329. The number of ether oxygens (including phenoxy) is 1. The van der Waals surface area contributed by atoms with E-state index in [1.165, 1.54) is 0 Å². The van der Waals surface area contributed by atoms with Crippen molar-refractivity contribution in [1.82, 2.24) is 10.6 Å². The van der Waals surface area contributed by atoms with Gasteiger partial charge < -0.3 is 20.5 Å². The fourth-order valence-electron chi connectivity index (χ4n) is 4.26. The second-order valence-corrected chi connectivity index (χ2v) is 8.64. The number of carbonyl (C=O) groups excluding carboxylic acids is 2. The Hall–Kier alpha value is -3.35. The van der Waals surface area contributed by atoms with Gasteiger partial charge in [-0.15, -0.1) is 0 Å². The van der Waals surface area contributed by atoms with E-state index in [0.717, 1.165) is 28.7 Å². The van der Waals surface area contributed by atoms with Crippen molar-refractivity contribution in [3.05, 3.63) is 59.7 Å². The van der Waals surface area contributed by atoms with Crippen LogP contribution in [0.2, 0.25) is 0 Å². The second kappa shape index (κ2) is 11.0. The van der Waals surface area contributed by atoms with Gasteiger partial charge in [-0.05, 0) is 42.5 Å². The van der Waals surface area contributed by atoms with Crippen molar-refractivity contribution >= 4 is 18.0 Å². The van der Waals surface area contributed by atoms with Gasteiger partial charge in [0.1, 0.15) is 6.61 Å². The van der Waals surface area contributed by atoms with Crippen LogP contribution in [-0.2, 0) is 14.3 Å². The van der Waals surface area contributed by atoms with E-state index in [0.29, 0.717) is 6.42 Å². The van der Waals surface area contributed by atoms with Crippen molar-refractivity contribution < 1.29 is 24.2 Å². The Kier molecular flexibility index (Phi) is 8.09. The predicted molar refractivity (Wildman–Crippen MR) is 126 cm³/mol. The van der Waals surface area contributed by atoms with Crippen LogP contribution in [0.1, 0.15) is 57.1 Å². The molecule has 2 amide bonds. The fraction of sp³-hybridized carbons (Fsp3) is 0.423. The van der Waals surface area contributed by atoms with Crippen molar-refractivity contribution in [2.45, 2.75) is 58.0 Å². The Bertz CT molecular complexity index is 960. The summed E-state index contributed by atoms with van der Waals surface area (Å²) >= 11 is 0. The Morgan fingerprint density at radius 1 is 0.970 bits per heavy atom. The van der Waals surface area contributed by atoms with Gasteiger partial charge >= 0.3 is 12.1 Å². The van der Waals surface area contributed by atoms with E-state index in [2.05, 4.69) is 34.9 Å². The number of carboxylic acid groups (broad SMARTS) is 1. The molecule has 33 heavy (non-hydrogen) atoms. The van der Waals surface area contributed by atoms with Crippen LogP contribution in [-0.4, -0.2) is 41.8 Å². The van der Waals surface area contributed by atoms with Gasteiger partial charge in [-0.25, -0.2) is 4.79 Å². The molecule has 0 fully saturated rings. The summed E-state index contributed by atoms with van der Waals surface area (Å²) in [6.07, 6.45) is 0.896. The van der Waals surface area contributed by atoms with Crippen LogP contribution in [0.5, 0.6) is 0 Å². The van der Waals surface area contributed by atoms with Gasteiger partial charge in [0.15, 0.2) is 0 Å². The summed E-state index contributed by atoms with van der Waals surface area (Å²) in [5.41, 5.74) is 4.59. The number of amides is 2. The Morgan fingerprint density at radius 2 is 1.55 bits per heavy atom. The monoisotopic (exact) mass is 452 g/mol. The second-order valence-electron chi connectivity index (χ2n) is 8.64. The van der Waals surface area contributed by atoms with Gasteiger partial charge in [-0.3, -0.25) is 9.59 Å². The first-order chi connectivity index (χ1) is 15.8. The molecule has 3 N–H and O–H groups in total. The molecular weight excluding hydrogens is 420 g/mol. The molecule has 1 aliphatic rings. The molecular formula is C26H32N2O5. The number of hydrogen-bond acceptors (Lipinski definition) is 4. The number of rotatable bonds is 10. The fourth-order valence-corrected chi connectivity index (χ4v) is 4.26. The summed E-state index contributed by atoms with van der Waals surface area (Å²) in [6.45, 7) is 5.38. The lowest BCUT2D eigenvalue weighted by atomic mass is 9.98. The molecule has 0 aromatic heterocycles. The quantitative estimate of drug-likeness (QED) is 0.498. The molecule has 7 heteroatoms. The molecule has 3 atom stereocenters. The number of benzene rings is 2. The van der Waals surface area contributed by atoms with E-state index in [4.69, 9.17) is 9.84 Å². The van der Waals surface area contributed by atoms with Gasteiger partial charge in [0, 0.05) is 24.4 Å². The van der Waals surface area contributed by atoms with Crippen molar-refractivity contribution in [3.63, 3.8) is 0 Å². The normalized spacial score (nSPS) is 15.0. The summed E-state index contributed by atoms with van der Waals surface area (Å²) in [5, 5.41) is 14.6. The molecule has 2 aromatic carbocycles. The van der Waals surface area contributed by atoms with Crippen molar-refractivity contribution in [3.8, 4) is 11.1 Å². The van der Waals surface area contributed by atoms with E-state index in [9.17, 15) is 14.4 Å². The van der Waals surface area contributed by atoms with E-state index in [1.807, 2.05) is 31.2 Å². The zero-order valence-electron chi connectivity index (χ0n) is 19.3. The third-order valence-corrected chi connectivity index (χ3v) is 6.26. The van der Waals surface area contributed by atoms with Gasteiger partial charge in [0.05, 0.1) is 5.92 Å². The molecule has 1 aliphatic carbocycles. The Morgan fingerprint density at radius 3 is 2.09 bits per heavy atom. The zero-order valence-corrected chi connectivity index (χ0v) is 19.3. The minimum atomic E-state index is -0.968. The lowest BCUT2D eigenvalue weighted by Gasteiger charge is -2.22. The number of carboxylic acids is 1. The third-order valence-electron chi connectivity index (χ3n) is 6.26. The van der Waals surface area contributed by atoms with Crippen LogP contribution in [0.15, 0.2) is 48.5 Å². The molecule has 0 radical (unpaired) electrons. The third kappa shape index (κ3) is 5.92. The average molecular weight is 453 g/mol. The largest absolute Gasteiger partial charge is 0.481 e. The smallest absolute Gasteiger partial charge is 0.407 e. The average Bonchev–Trinajstić information content (AvgIpc) is 3.11. The maximum absolute atomic E-state index is 12.6. The molecule has 0 aliphatic heterocycles. The van der Waals surface area contributed by atoms with Gasteiger partial charge in [-0.2, -0.15) is 0 Å². The maximum Gasteiger partial charge on any atom is 0.407 e. The first kappa shape index (κ1) is 24.3. The van der Waals surface area contributed by atoms with Gasteiger partial charge in [0.2, 0.25) is 5.91 Å². The van der Waals surface area contributed by atoms with Gasteiger partial charge in [0.25, 0.3) is 0 Å². The van der Waals surface area contributed by atoms with Crippen LogP contribution >= 0.6 is 0 Å². The highest BCUT2D eigenvalue weighted by Crippen LogP contribution is 2.44.